The molecule has 0 fully saturated rings. The van der Waals surface area contributed by atoms with Gasteiger partial charge in [0.15, 0.2) is 0 Å². The van der Waals surface area contributed by atoms with Crippen molar-refractivity contribution in [2.45, 2.75) is 58.5 Å². The minimum atomic E-state index is 0.116. The molecule has 1 aliphatic carbocycles. The van der Waals surface area contributed by atoms with Gasteiger partial charge in [-0.3, -0.25) is 4.79 Å². The quantitative estimate of drug-likeness (QED) is 0.752. The molecular formula is C16H27N3O. The molecule has 0 radical (unpaired) electrons. The predicted molar refractivity (Wildman–Crippen MR) is 81.7 cm³/mol. The van der Waals surface area contributed by atoms with Gasteiger partial charge in [0, 0.05) is 25.0 Å². The third-order valence-electron chi connectivity index (χ3n) is 3.94. The third kappa shape index (κ3) is 3.85. The summed E-state index contributed by atoms with van der Waals surface area (Å²) in [5.74, 6) is 0.116. The largest absolute Gasteiger partial charge is 0.355 e. The van der Waals surface area contributed by atoms with Crippen molar-refractivity contribution < 1.29 is 4.79 Å². The van der Waals surface area contributed by atoms with Gasteiger partial charge < -0.3 is 15.2 Å². The van der Waals surface area contributed by atoms with Crippen molar-refractivity contribution in [3.63, 3.8) is 0 Å². The molecule has 20 heavy (non-hydrogen) atoms. The van der Waals surface area contributed by atoms with Crippen LogP contribution in [0.5, 0.6) is 0 Å². The average molecular weight is 277 g/mol. The fourth-order valence-corrected chi connectivity index (χ4v) is 2.92. The number of nitrogens with zero attached hydrogens (tertiary/aromatic N) is 1. The van der Waals surface area contributed by atoms with Gasteiger partial charge in [-0.15, -0.1) is 0 Å². The number of hydrogen-bond acceptors (Lipinski definition) is 2. The topological polar surface area (TPSA) is 46.1 Å². The summed E-state index contributed by atoms with van der Waals surface area (Å²) >= 11 is 0. The Kier molecular flexibility index (Phi) is 5.65. The summed E-state index contributed by atoms with van der Waals surface area (Å²) in [4.78, 5) is 11.9. The van der Waals surface area contributed by atoms with Crippen LogP contribution in [0.15, 0.2) is 12.4 Å². The number of rotatable bonds is 7. The van der Waals surface area contributed by atoms with E-state index in [9.17, 15) is 4.79 Å². The van der Waals surface area contributed by atoms with E-state index in [0.717, 1.165) is 32.4 Å². The number of fused-ring (bicyclic) bond motifs is 1. The Morgan fingerprint density at radius 1 is 1.40 bits per heavy atom. The molecule has 0 bridgehead atoms. The molecule has 0 spiro atoms. The summed E-state index contributed by atoms with van der Waals surface area (Å²) in [6, 6.07) is 0.466. The van der Waals surface area contributed by atoms with Crippen molar-refractivity contribution in [3.05, 3.63) is 23.5 Å². The lowest BCUT2D eigenvalue weighted by Gasteiger charge is -2.22. The van der Waals surface area contributed by atoms with Crippen molar-refractivity contribution in [2.24, 2.45) is 0 Å². The predicted octanol–water partition coefficient (Wildman–Crippen LogP) is 2.39. The number of carbonyl (C=O) groups excluding carboxylic acids is 1. The maximum Gasteiger partial charge on any atom is 0.239 e. The van der Waals surface area contributed by atoms with E-state index in [4.69, 9.17) is 0 Å². The molecule has 2 rings (SSSR count). The Morgan fingerprint density at radius 2 is 2.25 bits per heavy atom. The summed E-state index contributed by atoms with van der Waals surface area (Å²) in [6.45, 7) is 6.50. The molecule has 112 valence electrons. The minimum absolute atomic E-state index is 0.116. The van der Waals surface area contributed by atoms with Crippen LogP contribution < -0.4 is 10.6 Å². The molecule has 1 aromatic heterocycles. The highest BCUT2D eigenvalue weighted by molar-refractivity contribution is 5.75. The lowest BCUT2D eigenvalue weighted by molar-refractivity contribution is -0.121. The van der Waals surface area contributed by atoms with Crippen molar-refractivity contribution in [3.8, 4) is 0 Å². The van der Waals surface area contributed by atoms with Crippen LogP contribution in [0.3, 0.4) is 0 Å². The molecule has 1 heterocycles. The van der Waals surface area contributed by atoms with E-state index in [1.807, 2.05) is 4.57 Å². The number of amides is 1. The second-order valence-electron chi connectivity index (χ2n) is 5.62. The zero-order valence-electron chi connectivity index (χ0n) is 12.7. The minimum Gasteiger partial charge on any atom is -0.355 e. The van der Waals surface area contributed by atoms with Gasteiger partial charge >= 0.3 is 0 Å². The molecule has 0 saturated carbocycles. The van der Waals surface area contributed by atoms with Crippen LogP contribution in [0.25, 0.3) is 0 Å². The SMILES string of the molecule is CCCCNC(=O)Cn1cc2c(c1)C(NCC)CCC2. The van der Waals surface area contributed by atoms with E-state index in [1.165, 1.54) is 24.0 Å². The lowest BCUT2D eigenvalue weighted by atomic mass is 9.91. The second kappa shape index (κ2) is 7.48. The second-order valence-corrected chi connectivity index (χ2v) is 5.62. The average Bonchev–Trinajstić information content (AvgIpc) is 2.83. The Balaban J connectivity index is 1.95. The van der Waals surface area contributed by atoms with Gasteiger partial charge in [-0.25, -0.2) is 0 Å². The fourth-order valence-electron chi connectivity index (χ4n) is 2.92. The van der Waals surface area contributed by atoms with Gasteiger partial charge in [-0.1, -0.05) is 20.3 Å². The van der Waals surface area contributed by atoms with E-state index < -0.39 is 0 Å². The normalized spacial score (nSPS) is 17.8. The first-order valence-corrected chi connectivity index (χ1v) is 7.93. The van der Waals surface area contributed by atoms with Crippen LogP contribution in [0.1, 0.15) is 56.7 Å². The van der Waals surface area contributed by atoms with Crippen LogP contribution in [0, 0.1) is 0 Å². The molecule has 1 atom stereocenters. The number of unbranched alkanes of at least 4 members (excludes halogenated alkanes) is 1. The van der Waals surface area contributed by atoms with Crippen LogP contribution in [-0.4, -0.2) is 23.6 Å². The Labute approximate surface area is 121 Å². The van der Waals surface area contributed by atoms with Crippen LogP contribution >= 0.6 is 0 Å². The number of aromatic nitrogens is 1. The lowest BCUT2D eigenvalue weighted by Crippen LogP contribution is -2.28. The van der Waals surface area contributed by atoms with Gasteiger partial charge in [0.05, 0.1) is 0 Å². The van der Waals surface area contributed by atoms with Crippen LogP contribution in [0.2, 0.25) is 0 Å². The number of nitrogens with one attached hydrogen (secondary N) is 2. The molecular weight excluding hydrogens is 250 g/mol. The molecule has 1 unspecified atom stereocenters. The van der Waals surface area contributed by atoms with Gasteiger partial charge in [-0.2, -0.15) is 0 Å². The molecule has 1 amide bonds. The zero-order chi connectivity index (χ0) is 14.4. The third-order valence-corrected chi connectivity index (χ3v) is 3.94. The highest BCUT2D eigenvalue weighted by Crippen LogP contribution is 2.30. The van der Waals surface area contributed by atoms with E-state index in [-0.39, 0.29) is 5.91 Å². The van der Waals surface area contributed by atoms with E-state index in [1.54, 1.807) is 0 Å². The highest BCUT2D eigenvalue weighted by Gasteiger charge is 2.21. The maximum atomic E-state index is 11.9. The Morgan fingerprint density at radius 3 is 3.00 bits per heavy atom. The Hall–Kier alpha value is -1.29. The van der Waals surface area contributed by atoms with Crippen molar-refractivity contribution in [1.29, 1.82) is 0 Å². The standard InChI is InChI=1S/C16H27N3O/c1-3-5-9-18-16(20)12-19-10-13-7-6-8-15(17-4-2)14(13)11-19/h10-11,15,17H,3-9,12H2,1-2H3,(H,18,20). The Bertz CT molecular complexity index is 439. The summed E-state index contributed by atoms with van der Waals surface area (Å²) < 4.78 is 2.04. The van der Waals surface area contributed by atoms with Gasteiger partial charge in [-0.05, 0) is 43.4 Å². The van der Waals surface area contributed by atoms with Gasteiger partial charge in [0.1, 0.15) is 6.54 Å². The number of hydrogen-bond donors (Lipinski definition) is 2. The van der Waals surface area contributed by atoms with Crippen molar-refractivity contribution in [1.82, 2.24) is 15.2 Å². The molecule has 2 N–H and O–H groups in total. The molecule has 4 nitrogen and oxygen atoms in total. The zero-order valence-corrected chi connectivity index (χ0v) is 12.7. The molecule has 1 aliphatic rings. The smallest absolute Gasteiger partial charge is 0.239 e. The van der Waals surface area contributed by atoms with Gasteiger partial charge in [0.25, 0.3) is 0 Å². The summed E-state index contributed by atoms with van der Waals surface area (Å²) in [7, 11) is 0. The number of carbonyl (C=O) groups is 1. The first-order chi connectivity index (χ1) is 9.74. The van der Waals surface area contributed by atoms with E-state index >= 15 is 0 Å². The van der Waals surface area contributed by atoms with Crippen LogP contribution in [-0.2, 0) is 17.8 Å². The monoisotopic (exact) mass is 277 g/mol. The molecule has 4 heteroatoms. The molecule has 0 saturated heterocycles. The summed E-state index contributed by atoms with van der Waals surface area (Å²) in [6.07, 6.45) is 10.0. The van der Waals surface area contributed by atoms with E-state index in [2.05, 4.69) is 36.9 Å². The van der Waals surface area contributed by atoms with Crippen LogP contribution in [0.4, 0.5) is 0 Å². The fraction of sp³-hybridized carbons (Fsp3) is 0.688. The van der Waals surface area contributed by atoms with E-state index in [0.29, 0.717) is 12.6 Å². The van der Waals surface area contributed by atoms with Gasteiger partial charge in [0.2, 0.25) is 5.91 Å². The molecule has 1 aromatic rings. The first-order valence-electron chi connectivity index (χ1n) is 7.93. The number of aryl methyl sites for hydroxylation is 1. The summed E-state index contributed by atoms with van der Waals surface area (Å²) in [5, 5.41) is 6.51. The molecule has 0 aliphatic heterocycles. The maximum absolute atomic E-state index is 11.9. The highest BCUT2D eigenvalue weighted by atomic mass is 16.1. The first kappa shape index (κ1) is 15.1. The van der Waals surface area contributed by atoms with Crippen molar-refractivity contribution >= 4 is 5.91 Å². The molecule has 0 aromatic carbocycles. The summed E-state index contributed by atoms with van der Waals surface area (Å²) in [5.41, 5.74) is 2.79. The van der Waals surface area contributed by atoms with Crippen molar-refractivity contribution in [2.75, 3.05) is 13.1 Å².